The summed E-state index contributed by atoms with van der Waals surface area (Å²) in [4.78, 5) is 12.9. The molecule has 0 radical (unpaired) electrons. The Morgan fingerprint density at radius 3 is 2.11 bits per heavy atom. The van der Waals surface area contributed by atoms with Gasteiger partial charge in [-0.3, -0.25) is 4.79 Å². The zero-order chi connectivity index (χ0) is 19.7. The van der Waals surface area contributed by atoms with Crippen molar-refractivity contribution in [1.29, 1.82) is 0 Å². The van der Waals surface area contributed by atoms with Crippen LogP contribution in [0, 0.1) is 6.92 Å². The second-order valence-electron chi connectivity index (χ2n) is 6.51. The molecular weight excluding hydrogens is 389 g/mol. The van der Waals surface area contributed by atoms with Gasteiger partial charge in [0.25, 0.3) is 0 Å². The summed E-state index contributed by atoms with van der Waals surface area (Å²) in [5.41, 5.74) is 4.73. The number of benzene rings is 3. The highest BCUT2D eigenvalue weighted by molar-refractivity contribution is 6.43. The Balaban J connectivity index is 2.18. The highest BCUT2D eigenvalue weighted by Gasteiger charge is 2.19. The van der Waals surface area contributed by atoms with Crippen molar-refractivity contribution in [3.8, 4) is 28.2 Å². The molecule has 0 unspecified atom stereocenters. The van der Waals surface area contributed by atoms with Crippen molar-refractivity contribution in [3.05, 3.63) is 111 Å². The average molecular weight is 406 g/mol. The molecule has 0 saturated carbocycles. The summed E-state index contributed by atoms with van der Waals surface area (Å²) in [6.07, 6.45) is 0. The van der Waals surface area contributed by atoms with Crippen LogP contribution in [0.25, 0.3) is 28.2 Å². The van der Waals surface area contributed by atoms with Gasteiger partial charge in [-0.15, -0.1) is 0 Å². The maximum absolute atomic E-state index is 12.9. The van der Waals surface area contributed by atoms with E-state index in [9.17, 15) is 4.79 Å². The molecule has 138 valence electrons. The molecule has 0 atom stereocenters. The van der Waals surface area contributed by atoms with E-state index < -0.39 is 0 Å². The van der Waals surface area contributed by atoms with E-state index in [1.54, 1.807) is 12.1 Å². The summed E-state index contributed by atoms with van der Waals surface area (Å²) in [6.45, 7) is 1.82. The molecule has 4 aromatic rings. The molecule has 2 nitrogen and oxygen atoms in total. The minimum absolute atomic E-state index is 0.0444. The van der Waals surface area contributed by atoms with Crippen molar-refractivity contribution in [2.24, 2.45) is 0 Å². The topological polar surface area (TPSA) is 22.0 Å². The smallest absolute Gasteiger partial charge is 0.185 e. The quantitative estimate of drug-likeness (QED) is 0.367. The molecule has 4 rings (SSSR count). The third-order valence-electron chi connectivity index (χ3n) is 4.75. The highest BCUT2D eigenvalue weighted by Crippen LogP contribution is 2.37. The van der Waals surface area contributed by atoms with Gasteiger partial charge in [-0.25, -0.2) is 0 Å². The van der Waals surface area contributed by atoms with Gasteiger partial charge < -0.3 is 4.57 Å². The van der Waals surface area contributed by atoms with Gasteiger partial charge in [0.15, 0.2) is 5.43 Å². The van der Waals surface area contributed by atoms with Gasteiger partial charge >= 0.3 is 0 Å². The van der Waals surface area contributed by atoms with Crippen LogP contribution in [0.3, 0.4) is 0 Å². The largest absolute Gasteiger partial charge is 0.309 e. The fourth-order valence-corrected chi connectivity index (χ4v) is 3.77. The molecule has 0 aliphatic carbocycles. The number of para-hydroxylation sites is 1. The Bertz CT molecular complexity index is 1200. The fourth-order valence-electron chi connectivity index (χ4n) is 3.38. The van der Waals surface area contributed by atoms with E-state index >= 15 is 0 Å². The SMILES string of the molecule is Cc1c(-c2cccc(Cl)c2Cl)n(-c2ccccc2)c(-c2ccccc2)cc1=O. The molecule has 0 amide bonds. The van der Waals surface area contributed by atoms with Crippen molar-refractivity contribution >= 4 is 23.2 Å². The lowest BCUT2D eigenvalue weighted by Crippen LogP contribution is -2.15. The summed E-state index contributed by atoms with van der Waals surface area (Å²) in [5.74, 6) is 0. The van der Waals surface area contributed by atoms with E-state index in [0.29, 0.717) is 15.6 Å². The molecule has 0 aliphatic rings. The summed E-state index contributed by atoms with van der Waals surface area (Å²) < 4.78 is 2.07. The first-order valence-corrected chi connectivity index (χ1v) is 9.65. The maximum atomic E-state index is 12.9. The molecule has 0 fully saturated rings. The Hall–Kier alpha value is -2.81. The van der Waals surface area contributed by atoms with Gasteiger partial charge in [0.2, 0.25) is 0 Å². The molecule has 0 saturated heterocycles. The molecule has 1 aromatic heterocycles. The van der Waals surface area contributed by atoms with Gasteiger partial charge in [-0.05, 0) is 30.7 Å². The number of aromatic nitrogens is 1. The number of rotatable bonds is 3. The molecule has 28 heavy (non-hydrogen) atoms. The minimum atomic E-state index is -0.0444. The van der Waals surface area contributed by atoms with Crippen LogP contribution in [0.4, 0.5) is 0 Å². The maximum Gasteiger partial charge on any atom is 0.185 e. The molecule has 0 N–H and O–H groups in total. The van der Waals surface area contributed by atoms with Crippen LogP contribution in [0.5, 0.6) is 0 Å². The molecule has 0 bridgehead atoms. The van der Waals surface area contributed by atoms with Gasteiger partial charge in [-0.2, -0.15) is 0 Å². The van der Waals surface area contributed by atoms with Crippen LogP contribution in [0.1, 0.15) is 5.56 Å². The van der Waals surface area contributed by atoms with E-state index in [0.717, 1.165) is 28.2 Å². The number of pyridine rings is 1. The number of hydrogen-bond donors (Lipinski definition) is 0. The predicted molar refractivity (Wildman–Crippen MR) is 118 cm³/mol. The summed E-state index contributed by atoms with van der Waals surface area (Å²) in [7, 11) is 0. The first-order valence-electron chi connectivity index (χ1n) is 8.90. The van der Waals surface area contributed by atoms with Gasteiger partial charge in [0.1, 0.15) is 0 Å². The third-order valence-corrected chi connectivity index (χ3v) is 5.57. The van der Waals surface area contributed by atoms with E-state index in [1.165, 1.54) is 0 Å². The molecule has 1 heterocycles. The third kappa shape index (κ3) is 3.26. The molecule has 3 aromatic carbocycles. The summed E-state index contributed by atoms with van der Waals surface area (Å²) in [6, 6.07) is 27.0. The second-order valence-corrected chi connectivity index (χ2v) is 7.29. The van der Waals surface area contributed by atoms with Crippen LogP contribution >= 0.6 is 23.2 Å². The minimum Gasteiger partial charge on any atom is -0.309 e. The Labute approximate surface area is 173 Å². The molecular formula is C24H17Cl2NO. The zero-order valence-corrected chi connectivity index (χ0v) is 16.7. The molecule has 0 aliphatic heterocycles. The second kappa shape index (κ2) is 7.67. The van der Waals surface area contributed by atoms with Crippen LogP contribution in [-0.4, -0.2) is 4.57 Å². The number of hydrogen-bond acceptors (Lipinski definition) is 1. The lowest BCUT2D eigenvalue weighted by Gasteiger charge is -2.22. The van der Waals surface area contributed by atoms with Crippen molar-refractivity contribution in [3.63, 3.8) is 0 Å². The summed E-state index contributed by atoms with van der Waals surface area (Å²) >= 11 is 12.9. The zero-order valence-electron chi connectivity index (χ0n) is 15.2. The van der Waals surface area contributed by atoms with E-state index in [2.05, 4.69) is 4.57 Å². The number of halogens is 2. The van der Waals surface area contributed by atoms with Crippen molar-refractivity contribution in [2.45, 2.75) is 6.92 Å². The van der Waals surface area contributed by atoms with E-state index in [1.807, 2.05) is 79.7 Å². The van der Waals surface area contributed by atoms with Crippen LogP contribution in [0.15, 0.2) is 89.7 Å². The Kier molecular flexibility index (Phi) is 5.08. The van der Waals surface area contributed by atoms with Crippen molar-refractivity contribution in [2.75, 3.05) is 0 Å². The Morgan fingerprint density at radius 2 is 1.43 bits per heavy atom. The van der Waals surface area contributed by atoms with Crippen LogP contribution < -0.4 is 5.43 Å². The van der Waals surface area contributed by atoms with Gasteiger partial charge in [-0.1, -0.05) is 83.9 Å². The lowest BCUT2D eigenvalue weighted by molar-refractivity contribution is 1.04. The van der Waals surface area contributed by atoms with E-state index in [-0.39, 0.29) is 5.43 Å². The molecule has 0 spiro atoms. The first-order chi connectivity index (χ1) is 13.6. The van der Waals surface area contributed by atoms with Gasteiger partial charge in [0, 0.05) is 22.9 Å². The summed E-state index contributed by atoms with van der Waals surface area (Å²) in [5, 5.41) is 0.886. The molecule has 4 heteroatoms. The lowest BCUT2D eigenvalue weighted by atomic mass is 10.0. The highest BCUT2D eigenvalue weighted by atomic mass is 35.5. The Morgan fingerprint density at radius 1 is 0.786 bits per heavy atom. The predicted octanol–water partition coefficient (Wildman–Crippen LogP) is 6.79. The van der Waals surface area contributed by atoms with Crippen molar-refractivity contribution in [1.82, 2.24) is 4.57 Å². The van der Waals surface area contributed by atoms with Gasteiger partial charge in [0.05, 0.1) is 21.4 Å². The normalized spacial score (nSPS) is 10.8. The van der Waals surface area contributed by atoms with Crippen molar-refractivity contribution < 1.29 is 0 Å². The van der Waals surface area contributed by atoms with E-state index in [4.69, 9.17) is 23.2 Å². The van der Waals surface area contributed by atoms with Crippen LogP contribution in [-0.2, 0) is 0 Å². The monoisotopic (exact) mass is 405 g/mol. The number of nitrogens with zero attached hydrogens (tertiary/aromatic N) is 1. The average Bonchev–Trinajstić information content (AvgIpc) is 2.73. The standard InChI is InChI=1S/C24H17Cl2NO/c1-16-22(28)15-21(17-9-4-2-5-10-17)27(18-11-6-3-7-12-18)24(16)19-13-8-14-20(25)23(19)26/h2-15H,1H3. The fraction of sp³-hybridized carbons (Fsp3) is 0.0417. The first kappa shape index (κ1) is 18.5. The van der Waals surface area contributed by atoms with Crippen LogP contribution in [0.2, 0.25) is 10.0 Å².